The monoisotopic (exact) mass is 517 g/mol. The van der Waals surface area contributed by atoms with Crippen LogP contribution in [0, 0.1) is 0 Å². The van der Waals surface area contributed by atoms with Crippen LogP contribution >= 0.6 is 23.1 Å². The number of aliphatic carboxylic acids is 1. The van der Waals surface area contributed by atoms with Gasteiger partial charge < -0.3 is 15.7 Å². The molecule has 0 aliphatic rings. The van der Waals surface area contributed by atoms with Gasteiger partial charge in [0.15, 0.2) is 5.13 Å². The first-order valence-electron chi connectivity index (χ1n) is 11.1. The highest BCUT2D eigenvalue weighted by Crippen LogP contribution is 2.37. The standard InChI is InChI=1S/C27H23N3O4S2/c31-23(14-15-24(32)33)28-20-12-7-13-21(16-20)36-25(19-10-5-2-6-11-19)26(34)30-27-29-22(17-35-27)18-8-3-1-4-9-18/h1-13,16-17,25H,14-15H2,(H,28,31)(H,32,33)(H,29,30,34). The Bertz CT molecular complexity index is 1340. The summed E-state index contributed by atoms with van der Waals surface area (Å²) in [6.07, 6.45) is -0.347. The average molecular weight is 518 g/mol. The summed E-state index contributed by atoms with van der Waals surface area (Å²) in [7, 11) is 0. The van der Waals surface area contributed by atoms with Gasteiger partial charge in [-0.3, -0.25) is 14.4 Å². The minimum atomic E-state index is -1.03. The maximum Gasteiger partial charge on any atom is 0.303 e. The van der Waals surface area contributed by atoms with Gasteiger partial charge in [-0.25, -0.2) is 4.98 Å². The number of carbonyl (C=O) groups excluding carboxylic acids is 2. The molecule has 9 heteroatoms. The number of benzene rings is 3. The van der Waals surface area contributed by atoms with Crippen LogP contribution in [0.5, 0.6) is 0 Å². The largest absolute Gasteiger partial charge is 0.481 e. The van der Waals surface area contributed by atoms with Crippen LogP contribution in [0.3, 0.4) is 0 Å². The minimum Gasteiger partial charge on any atom is -0.481 e. The fraction of sp³-hybridized carbons (Fsp3) is 0.111. The normalized spacial score (nSPS) is 11.4. The van der Waals surface area contributed by atoms with Crippen LogP contribution in [0.1, 0.15) is 23.7 Å². The number of carboxylic acids is 1. The molecule has 0 radical (unpaired) electrons. The number of nitrogens with zero attached hydrogens (tertiary/aromatic N) is 1. The molecule has 2 amide bonds. The molecule has 3 N–H and O–H groups in total. The van der Waals surface area contributed by atoms with E-state index in [0.717, 1.165) is 21.7 Å². The van der Waals surface area contributed by atoms with Crippen LogP contribution in [0.25, 0.3) is 11.3 Å². The number of thioether (sulfide) groups is 1. The Hall–Kier alpha value is -3.95. The van der Waals surface area contributed by atoms with Crippen molar-refractivity contribution in [3.8, 4) is 11.3 Å². The van der Waals surface area contributed by atoms with Gasteiger partial charge >= 0.3 is 5.97 Å². The van der Waals surface area contributed by atoms with Gasteiger partial charge in [-0.1, -0.05) is 66.7 Å². The third-order valence-electron chi connectivity index (χ3n) is 5.08. The molecular weight excluding hydrogens is 494 g/mol. The molecule has 1 atom stereocenters. The Balaban J connectivity index is 1.50. The second-order valence-electron chi connectivity index (χ2n) is 7.77. The predicted octanol–water partition coefficient (Wildman–Crippen LogP) is 6.09. The summed E-state index contributed by atoms with van der Waals surface area (Å²) in [6, 6.07) is 26.3. The van der Waals surface area contributed by atoms with Crippen molar-refractivity contribution in [1.29, 1.82) is 0 Å². The zero-order valence-electron chi connectivity index (χ0n) is 19.1. The number of rotatable bonds is 10. The Morgan fingerprint density at radius 2 is 1.61 bits per heavy atom. The minimum absolute atomic E-state index is 0.111. The second kappa shape index (κ2) is 12.1. The molecule has 3 aromatic carbocycles. The molecule has 0 spiro atoms. The Labute approximate surface area is 216 Å². The van der Waals surface area contributed by atoms with Crippen molar-refractivity contribution in [3.05, 3.63) is 95.9 Å². The van der Waals surface area contributed by atoms with Gasteiger partial charge in [0.05, 0.1) is 12.1 Å². The summed E-state index contributed by atoms with van der Waals surface area (Å²) < 4.78 is 0. The summed E-state index contributed by atoms with van der Waals surface area (Å²) in [5, 5.41) is 16.3. The van der Waals surface area contributed by atoms with Crippen LogP contribution in [0.2, 0.25) is 0 Å². The summed E-state index contributed by atoms with van der Waals surface area (Å²) in [4.78, 5) is 41.5. The van der Waals surface area contributed by atoms with Gasteiger partial charge in [0.25, 0.3) is 0 Å². The number of aromatic nitrogens is 1. The summed E-state index contributed by atoms with van der Waals surface area (Å²) in [6.45, 7) is 0. The zero-order chi connectivity index (χ0) is 25.3. The molecule has 0 bridgehead atoms. The van der Waals surface area contributed by atoms with Gasteiger partial charge in [0.1, 0.15) is 5.25 Å². The number of hydrogen-bond donors (Lipinski definition) is 3. The SMILES string of the molecule is O=C(O)CCC(=O)Nc1cccc(SC(C(=O)Nc2nc(-c3ccccc3)cs2)c2ccccc2)c1. The van der Waals surface area contributed by atoms with Crippen molar-refractivity contribution in [2.24, 2.45) is 0 Å². The van der Waals surface area contributed by atoms with Crippen molar-refractivity contribution in [3.63, 3.8) is 0 Å². The lowest BCUT2D eigenvalue weighted by Crippen LogP contribution is -2.19. The first-order valence-corrected chi connectivity index (χ1v) is 12.9. The Kier molecular flexibility index (Phi) is 8.48. The summed E-state index contributed by atoms with van der Waals surface area (Å²) in [5.74, 6) is -1.62. The van der Waals surface area contributed by atoms with E-state index in [1.54, 1.807) is 18.2 Å². The van der Waals surface area contributed by atoms with Crippen LogP contribution in [-0.2, 0) is 14.4 Å². The molecule has 7 nitrogen and oxygen atoms in total. The van der Waals surface area contributed by atoms with E-state index in [2.05, 4.69) is 15.6 Å². The lowest BCUT2D eigenvalue weighted by Gasteiger charge is -2.17. The third kappa shape index (κ3) is 7.03. The molecule has 0 saturated carbocycles. The Morgan fingerprint density at radius 3 is 2.33 bits per heavy atom. The lowest BCUT2D eigenvalue weighted by atomic mass is 10.1. The van der Waals surface area contributed by atoms with Crippen molar-refractivity contribution in [1.82, 2.24) is 4.98 Å². The fourth-order valence-electron chi connectivity index (χ4n) is 3.37. The number of amides is 2. The molecule has 36 heavy (non-hydrogen) atoms. The predicted molar refractivity (Wildman–Crippen MR) is 143 cm³/mol. The van der Waals surface area contributed by atoms with Crippen molar-refractivity contribution < 1.29 is 19.5 Å². The Morgan fingerprint density at radius 1 is 0.889 bits per heavy atom. The molecule has 0 saturated heterocycles. The van der Waals surface area contributed by atoms with E-state index < -0.39 is 11.2 Å². The number of carboxylic acid groups (broad SMARTS) is 1. The third-order valence-corrected chi connectivity index (χ3v) is 7.09. The highest BCUT2D eigenvalue weighted by Gasteiger charge is 2.23. The number of anilines is 2. The fourth-order valence-corrected chi connectivity index (χ4v) is 5.18. The van der Waals surface area contributed by atoms with Gasteiger partial charge in [-0.2, -0.15) is 0 Å². The van der Waals surface area contributed by atoms with Crippen LogP contribution in [0.15, 0.2) is 95.2 Å². The molecule has 0 aliphatic heterocycles. The van der Waals surface area contributed by atoms with E-state index in [4.69, 9.17) is 5.11 Å². The van der Waals surface area contributed by atoms with Crippen molar-refractivity contribution >= 4 is 51.7 Å². The molecule has 1 unspecified atom stereocenters. The summed E-state index contributed by atoms with van der Waals surface area (Å²) >= 11 is 2.72. The van der Waals surface area contributed by atoms with E-state index >= 15 is 0 Å². The molecule has 1 aromatic heterocycles. The molecule has 1 heterocycles. The van der Waals surface area contributed by atoms with Crippen molar-refractivity contribution in [2.45, 2.75) is 23.0 Å². The molecule has 182 valence electrons. The van der Waals surface area contributed by atoms with E-state index in [9.17, 15) is 14.4 Å². The van der Waals surface area contributed by atoms with Crippen LogP contribution in [-0.4, -0.2) is 27.9 Å². The van der Waals surface area contributed by atoms with E-state index in [0.29, 0.717) is 10.8 Å². The zero-order valence-corrected chi connectivity index (χ0v) is 20.7. The first kappa shape index (κ1) is 25.2. The number of nitrogens with one attached hydrogen (secondary N) is 2. The van der Waals surface area contributed by atoms with Gasteiger partial charge in [0, 0.05) is 27.9 Å². The topological polar surface area (TPSA) is 108 Å². The van der Waals surface area contributed by atoms with Gasteiger partial charge in [-0.05, 0) is 23.8 Å². The maximum atomic E-state index is 13.4. The van der Waals surface area contributed by atoms with Gasteiger partial charge in [-0.15, -0.1) is 23.1 Å². The smallest absolute Gasteiger partial charge is 0.303 e. The highest BCUT2D eigenvalue weighted by atomic mass is 32.2. The number of hydrogen-bond acceptors (Lipinski definition) is 6. The molecule has 0 fully saturated rings. The molecule has 4 rings (SSSR count). The molecule has 0 aliphatic carbocycles. The molecule has 4 aromatic rings. The van der Waals surface area contributed by atoms with Crippen LogP contribution < -0.4 is 10.6 Å². The highest BCUT2D eigenvalue weighted by molar-refractivity contribution is 8.00. The van der Waals surface area contributed by atoms with Crippen molar-refractivity contribution in [2.75, 3.05) is 10.6 Å². The van der Waals surface area contributed by atoms with Crippen LogP contribution in [0.4, 0.5) is 10.8 Å². The van der Waals surface area contributed by atoms with E-state index in [-0.39, 0.29) is 24.7 Å². The number of carbonyl (C=O) groups is 3. The van der Waals surface area contributed by atoms with E-state index in [1.165, 1.54) is 23.1 Å². The maximum absolute atomic E-state index is 13.4. The number of thiazole rings is 1. The quantitative estimate of drug-likeness (QED) is 0.220. The summed E-state index contributed by atoms with van der Waals surface area (Å²) in [5.41, 5.74) is 3.14. The van der Waals surface area contributed by atoms with Gasteiger partial charge in [0.2, 0.25) is 11.8 Å². The molecular formula is C27H23N3O4S2. The van der Waals surface area contributed by atoms with E-state index in [1.807, 2.05) is 72.1 Å². The second-order valence-corrected chi connectivity index (χ2v) is 9.81. The lowest BCUT2D eigenvalue weighted by molar-refractivity contribution is -0.138. The first-order chi connectivity index (χ1) is 17.5. The average Bonchev–Trinajstić information content (AvgIpc) is 3.36.